The molecule has 1 unspecified atom stereocenters. The number of nitrogens with zero attached hydrogens (tertiary/aromatic N) is 3. The molecule has 6 nitrogen and oxygen atoms in total. The molecule has 1 aliphatic heterocycles. The summed E-state index contributed by atoms with van der Waals surface area (Å²) in [5.74, 6) is -0.0931. The molecule has 0 spiro atoms. The van der Waals surface area contributed by atoms with Gasteiger partial charge in [0.1, 0.15) is 5.82 Å². The lowest BCUT2D eigenvalue weighted by molar-refractivity contribution is -0.140. The highest BCUT2D eigenvalue weighted by Crippen LogP contribution is 2.25. The fourth-order valence-electron chi connectivity index (χ4n) is 2.51. The summed E-state index contributed by atoms with van der Waals surface area (Å²) in [7, 11) is 0. The van der Waals surface area contributed by atoms with E-state index in [-0.39, 0.29) is 24.7 Å². The van der Waals surface area contributed by atoms with Crippen LogP contribution in [-0.4, -0.2) is 44.9 Å². The van der Waals surface area contributed by atoms with Gasteiger partial charge in [-0.3, -0.25) is 9.59 Å². The van der Waals surface area contributed by atoms with Gasteiger partial charge in [0.2, 0.25) is 5.91 Å². The van der Waals surface area contributed by atoms with Crippen LogP contribution in [0.2, 0.25) is 0 Å². The van der Waals surface area contributed by atoms with Crippen molar-refractivity contribution in [1.29, 1.82) is 0 Å². The number of rotatable bonds is 4. The molecule has 1 atom stereocenters. The topological polar surface area (TPSA) is 83.4 Å². The van der Waals surface area contributed by atoms with Crippen LogP contribution in [-0.2, 0) is 9.59 Å². The van der Waals surface area contributed by atoms with E-state index in [4.69, 9.17) is 5.11 Å². The minimum absolute atomic E-state index is 0.0652. The third kappa shape index (κ3) is 3.53. The lowest BCUT2D eigenvalue weighted by Gasteiger charge is -2.16. The number of aliphatic carboxylic acids is 1. The van der Waals surface area contributed by atoms with Crippen molar-refractivity contribution in [3.63, 3.8) is 0 Å². The number of likely N-dealkylation sites (tertiary alicyclic amines) is 1. The molecule has 6 heteroatoms. The number of carbonyl (C=O) groups excluding carboxylic acids is 1. The fraction of sp³-hybridized carbons (Fsp3) is 0.571. The van der Waals surface area contributed by atoms with Crippen LogP contribution in [0.15, 0.2) is 6.07 Å². The third-order valence-electron chi connectivity index (χ3n) is 3.46. The Balaban J connectivity index is 1.98. The second-order valence-electron chi connectivity index (χ2n) is 5.23. The molecule has 1 amide bonds. The molecule has 1 saturated heterocycles. The largest absolute Gasteiger partial charge is 0.481 e. The van der Waals surface area contributed by atoms with Gasteiger partial charge in [-0.2, -0.15) is 0 Å². The second-order valence-corrected chi connectivity index (χ2v) is 5.23. The van der Waals surface area contributed by atoms with Crippen molar-refractivity contribution in [3.05, 3.63) is 23.3 Å². The first kappa shape index (κ1) is 14.4. The predicted octanol–water partition coefficient (Wildman–Crippen LogP) is 1.27. The molecule has 0 aliphatic carbocycles. The summed E-state index contributed by atoms with van der Waals surface area (Å²) < 4.78 is 0. The van der Waals surface area contributed by atoms with Gasteiger partial charge in [0, 0.05) is 36.8 Å². The molecular weight excluding hydrogens is 258 g/mol. The van der Waals surface area contributed by atoms with Crippen LogP contribution in [0.3, 0.4) is 0 Å². The van der Waals surface area contributed by atoms with Crippen molar-refractivity contribution >= 4 is 11.9 Å². The molecular formula is C14H19N3O3. The average Bonchev–Trinajstić information content (AvgIpc) is 2.84. The molecule has 108 valence electrons. The minimum Gasteiger partial charge on any atom is -0.481 e. The normalized spacial score (nSPS) is 18.3. The maximum absolute atomic E-state index is 11.9. The van der Waals surface area contributed by atoms with Gasteiger partial charge in [0.05, 0.1) is 6.42 Å². The molecule has 1 N–H and O–H groups in total. The highest BCUT2D eigenvalue weighted by molar-refractivity contribution is 5.81. The first-order valence-corrected chi connectivity index (χ1v) is 6.77. The Morgan fingerprint density at radius 2 is 1.95 bits per heavy atom. The maximum Gasteiger partial charge on any atom is 0.303 e. The number of carboxylic acids is 1. The first-order chi connectivity index (χ1) is 9.45. The van der Waals surface area contributed by atoms with Crippen LogP contribution in [0.25, 0.3) is 0 Å². The molecule has 0 aromatic carbocycles. The lowest BCUT2D eigenvalue weighted by atomic mass is 10.1. The molecule has 0 saturated carbocycles. The van der Waals surface area contributed by atoms with Gasteiger partial charge in [0.25, 0.3) is 0 Å². The van der Waals surface area contributed by atoms with Gasteiger partial charge in [-0.05, 0) is 26.3 Å². The SMILES string of the molecule is Cc1cc(C)nc(C2CCN(C(=O)CCC(=O)O)C2)n1. The number of hydrogen-bond acceptors (Lipinski definition) is 4. The molecule has 2 rings (SSSR count). The summed E-state index contributed by atoms with van der Waals surface area (Å²) in [6.07, 6.45) is 0.789. The molecule has 2 heterocycles. The maximum atomic E-state index is 11.9. The Hall–Kier alpha value is -1.98. The van der Waals surface area contributed by atoms with Gasteiger partial charge in [-0.15, -0.1) is 0 Å². The van der Waals surface area contributed by atoms with Gasteiger partial charge >= 0.3 is 5.97 Å². The van der Waals surface area contributed by atoms with E-state index in [2.05, 4.69) is 9.97 Å². The number of amides is 1. The van der Waals surface area contributed by atoms with Crippen molar-refractivity contribution in [3.8, 4) is 0 Å². The average molecular weight is 277 g/mol. The van der Waals surface area contributed by atoms with E-state index in [9.17, 15) is 9.59 Å². The van der Waals surface area contributed by atoms with Crippen LogP contribution >= 0.6 is 0 Å². The molecule has 0 bridgehead atoms. The predicted molar refractivity (Wildman–Crippen MR) is 72.3 cm³/mol. The quantitative estimate of drug-likeness (QED) is 0.896. The molecule has 20 heavy (non-hydrogen) atoms. The van der Waals surface area contributed by atoms with Crippen molar-refractivity contribution in [2.24, 2.45) is 0 Å². The van der Waals surface area contributed by atoms with Crippen LogP contribution < -0.4 is 0 Å². The zero-order chi connectivity index (χ0) is 14.7. The van der Waals surface area contributed by atoms with E-state index in [0.29, 0.717) is 13.1 Å². The number of aromatic nitrogens is 2. The summed E-state index contributed by atoms with van der Waals surface area (Å²) in [5, 5.41) is 8.61. The molecule has 0 radical (unpaired) electrons. The Bertz CT molecular complexity index is 510. The Labute approximate surface area is 117 Å². The van der Waals surface area contributed by atoms with Crippen molar-refractivity contribution in [2.75, 3.05) is 13.1 Å². The standard InChI is InChI=1S/C14H19N3O3/c1-9-7-10(2)16-14(15-9)11-5-6-17(8-11)12(18)3-4-13(19)20/h7,11H,3-6,8H2,1-2H3,(H,19,20). The molecule has 1 fully saturated rings. The van der Waals surface area contributed by atoms with Crippen molar-refractivity contribution in [1.82, 2.24) is 14.9 Å². The van der Waals surface area contributed by atoms with E-state index in [1.165, 1.54) is 0 Å². The molecule has 1 aromatic rings. The first-order valence-electron chi connectivity index (χ1n) is 6.77. The van der Waals surface area contributed by atoms with E-state index < -0.39 is 5.97 Å². The monoisotopic (exact) mass is 277 g/mol. The Morgan fingerprint density at radius 3 is 2.55 bits per heavy atom. The zero-order valence-electron chi connectivity index (χ0n) is 11.8. The van der Waals surface area contributed by atoms with Crippen LogP contribution in [0.1, 0.15) is 42.4 Å². The lowest BCUT2D eigenvalue weighted by Crippen LogP contribution is -2.28. The second kappa shape index (κ2) is 5.98. The molecule has 1 aliphatic rings. The van der Waals surface area contributed by atoms with Gasteiger partial charge in [-0.1, -0.05) is 0 Å². The van der Waals surface area contributed by atoms with E-state index in [1.54, 1.807) is 4.90 Å². The van der Waals surface area contributed by atoms with Crippen molar-refractivity contribution in [2.45, 2.75) is 39.0 Å². The summed E-state index contributed by atoms with van der Waals surface area (Å²) in [6, 6.07) is 1.92. The molecule has 1 aromatic heterocycles. The van der Waals surface area contributed by atoms with Crippen LogP contribution in [0.4, 0.5) is 0 Å². The Morgan fingerprint density at radius 1 is 1.30 bits per heavy atom. The zero-order valence-corrected chi connectivity index (χ0v) is 11.8. The van der Waals surface area contributed by atoms with Crippen LogP contribution in [0.5, 0.6) is 0 Å². The van der Waals surface area contributed by atoms with Gasteiger partial charge in [-0.25, -0.2) is 9.97 Å². The van der Waals surface area contributed by atoms with E-state index in [1.807, 2.05) is 19.9 Å². The highest BCUT2D eigenvalue weighted by Gasteiger charge is 2.29. The summed E-state index contributed by atoms with van der Waals surface area (Å²) in [6.45, 7) is 5.10. The van der Waals surface area contributed by atoms with E-state index >= 15 is 0 Å². The smallest absolute Gasteiger partial charge is 0.303 e. The summed E-state index contributed by atoms with van der Waals surface area (Å²) >= 11 is 0. The highest BCUT2D eigenvalue weighted by atomic mass is 16.4. The Kier molecular flexibility index (Phi) is 4.32. The number of aryl methyl sites for hydroxylation is 2. The summed E-state index contributed by atoms with van der Waals surface area (Å²) in [4.78, 5) is 33.0. The minimum atomic E-state index is -0.938. The van der Waals surface area contributed by atoms with E-state index in [0.717, 1.165) is 23.6 Å². The number of carboxylic acid groups (broad SMARTS) is 1. The number of carbonyl (C=O) groups is 2. The van der Waals surface area contributed by atoms with Crippen molar-refractivity contribution < 1.29 is 14.7 Å². The number of hydrogen-bond donors (Lipinski definition) is 1. The van der Waals surface area contributed by atoms with Gasteiger partial charge < -0.3 is 10.0 Å². The third-order valence-corrected chi connectivity index (χ3v) is 3.46. The summed E-state index contributed by atoms with van der Waals surface area (Å²) in [5.41, 5.74) is 1.87. The fourth-order valence-corrected chi connectivity index (χ4v) is 2.51. The van der Waals surface area contributed by atoms with Gasteiger partial charge in [0.15, 0.2) is 0 Å². The van der Waals surface area contributed by atoms with Crippen LogP contribution in [0, 0.1) is 13.8 Å².